The van der Waals surface area contributed by atoms with Crippen LogP contribution in [0.3, 0.4) is 0 Å². The van der Waals surface area contributed by atoms with Crippen LogP contribution in [0.1, 0.15) is 33.6 Å². The average molecular weight is 263 g/mol. The fraction of sp³-hybridized carbons (Fsp3) is 0.667. The van der Waals surface area contributed by atoms with Crippen LogP contribution in [0.2, 0.25) is 0 Å². The maximum Gasteiger partial charge on any atom is 0.171 e. The molecule has 4 nitrogen and oxygen atoms in total. The molecule has 1 saturated heterocycles. The lowest BCUT2D eigenvalue weighted by Crippen LogP contribution is -2.56. The number of hydrogen-bond donors (Lipinski definition) is 1. The topological polar surface area (TPSA) is 37.4 Å². The SMILES string of the molecule is CCOc1cccnc1N1CC(CC)NCC1CC. The third-order valence-electron chi connectivity index (χ3n) is 3.79. The van der Waals surface area contributed by atoms with Gasteiger partial charge in [-0.3, -0.25) is 0 Å². The van der Waals surface area contributed by atoms with Gasteiger partial charge in [0.15, 0.2) is 11.6 Å². The molecule has 1 aliphatic rings. The summed E-state index contributed by atoms with van der Waals surface area (Å²) in [6.07, 6.45) is 4.11. The van der Waals surface area contributed by atoms with E-state index in [0.29, 0.717) is 18.7 Å². The van der Waals surface area contributed by atoms with Crippen LogP contribution in [-0.2, 0) is 0 Å². The van der Waals surface area contributed by atoms with Crippen molar-refractivity contribution >= 4 is 5.82 Å². The van der Waals surface area contributed by atoms with Gasteiger partial charge in [0.1, 0.15) is 0 Å². The Morgan fingerprint density at radius 3 is 2.89 bits per heavy atom. The molecule has 0 saturated carbocycles. The van der Waals surface area contributed by atoms with Gasteiger partial charge in [0.2, 0.25) is 0 Å². The molecule has 106 valence electrons. The highest BCUT2D eigenvalue weighted by Gasteiger charge is 2.28. The minimum Gasteiger partial charge on any atom is -0.490 e. The van der Waals surface area contributed by atoms with Crippen LogP contribution >= 0.6 is 0 Å². The van der Waals surface area contributed by atoms with E-state index in [1.165, 1.54) is 0 Å². The summed E-state index contributed by atoms with van der Waals surface area (Å²) < 4.78 is 5.73. The van der Waals surface area contributed by atoms with E-state index in [-0.39, 0.29) is 0 Å². The van der Waals surface area contributed by atoms with Gasteiger partial charge in [-0.2, -0.15) is 0 Å². The summed E-state index contributed by atoms with van der Waals surface area (Å²) in [4.78, 5) is 6.97. The number of nitrogens with one attached hydrogen (secondary N) is 1. The highest BCUT2D eigenvalue weighted by molar-refractivity contribution is 5.53. The van der Waals surface area contributed by atoms with Crippen molar-refractivity contribution in [2.45, 2.75) is 45.7 Å². The van der Waals surface area contributed by atoms with Crippen LogP contribution in [0.5, 0.6) is 5.75 Å². The van der Waals surface area contributed by atoms with Crippen LogP contribution in [0, 0.1) is 0 Å². The van der Waals surface area contributed by atoms with Crippen molar-refractivity contribution in [1.82, 2.24) is 10.3 Å². The Bertz CT molecular complexity index is 397. The Kier molecular flexibility index (Phi) is 5.02. The Labute approximate surface area is 116 Å². The average Bonchev–Trinajstić information content (AvgIpc) is 2.47. The zero-order chi connectivity index (χ0) is 13.7. The van der Waals surface area contributed by atoms with Crippen molar-refractivity contribution in [1.29, 1.82) is 0 Å². The molecule has 2 rings (SSSR count). The van der Waals surface area contributed by atoms with Gasteiger partial charge in [-0.15, -0.1) is 0 Å². The molecule has 2 heterocycles. The van der Waals surface area contributed by atoms with E-state index in [4.69, 9.17) is 4.74 Å². The molecular weight excluding hydrogens is 238 g/mol. The van der Waals surface area contributed by atoms with Gasteiger partial charge >= 0.3 is 0 Å². The van der Waals surface area contributed by atoms with E-state index < -0.39 is 0 Å². The number of rotatable bonds is 5. The maximum atomic E-state index is 5.73. The summed E-state index contributed by atoms with van der Waals surface area (Å²) in [5.41, 5.74) is 0. The van der Waals surface area contributed by atoms with E-state index in [2.05, 4.69) is 29.0 Å². The summed E-state index contributed by atoms with van der Waals surface area (Å²) in [5.74, 6) is 1.90. The number of nitrogens with zero attached hydrogens (tertiary/aromatic N) is 2. The van der Waals surface area contributed by atoms with E-state index >= 15 is 0 Å². The maximum absolute atomic E-state index is 5.73. The first kappa shape index (κ1) is 14.1. The molecule has 4 heteroatoms. The van der Waals surface area contributed by atoms with Crippen LogP contribution in [0.25, 0.3) is 0 Å². The molecule has 1 aliphatic heterocycles. The smallest absolute Gasteiger partial charge is 0.171 e. The van der Waals surface area contributed by atoms with Crippen LogP contribution in [0.4, 0.5) is 5.82 Å². The highest BCUT2D eigenvalue weighted by atomic mass is 16.5. The van der Waals surface area contributed by atoms with Crippen LogP contribution < -0.4 is 15.0 Å². The summed E-state index contributed by atoms with van der Waals surface area (Å²) >= 11 is 0. The van der Waals surface area contributed by atoms with Gasteiger partial charge < -0.3 is 15.0 Å². The first-order valence-electron chi connectivity index (χ1n) is 7.37. The Morgan fingerprint density at radius 1 is 1.37 bits per heavy atom. The summed E-state index contributed by atoms with van der Waals surface area (Å²) in [6, 6.07) is 4.99. The number of aromatic nitrogens is 1. The largest absolute Gasteiger partial charge is 0.490 e. The van der Waals surface area contributed by atoms with Crippen LogP contribution in [0.15, 0.2) is 18.3 Å². The standard InChI is InChI=1S/C15H25N3O/c1-4-12-11-18(13(5-2)10-17-12)15-14(19-6-3)8-7-9-16-15/h7-9,12-13,17H,4-6,10-11H2,1-3H3. The molecule has 2 unspecified atom stereocenters. The van der Waals surface area contributed by atoms with E-state index in [1.807, 2.05) is 25.3 Å². The minimum absolute atomic E-state index is 0.497. The summed E-state index contributed by atoms with van der Waals surface area (Å²) in [6.45, 7) is 9.18. The molecule has 1 fully saturated rings. The monoisotopic (exact) mass is 263 g/mol. The second kappa shape index (κ2) is 6.75. The zero-order valence-corrected chi connectivity index (χ0v) is 12.2. The number of pyridine rings is 1. The second-order valence-electron chi connectivity index (χ2n) is 4.99. The molecule has 1 aromatic rings. The lowest BCUT2D eigenvalue weighted by molar-refractivity contribution is 0.330. The molecule has 19 heavy (non-hydrogen) atoms. The predicted molar refractivity (Wildman–Crippen MR) is 78.9 cm³/mol. The van der Waals surface area contributed by atoms with Gasteiger partial charge in [-0.1, -0.05) is 13.8 Å². The van der Waals surface area contributed by atoms with Crippen molar-refractivity contribution in [3.05, 3.63) is 18.3 Å². The molecule has 0 bridgehead atoms. The van der Waals surface area contributed by atoms with Crippen molar-refractivity contribution in [2.24, 2.45) is 0 Å². The van der Waals surface area contributed by atoms with Crippen molar-refractivity contribution < 1.29 is 4.74 Å². The third-order valence-corrected chi connectivity index (χ3v) is 3.79. The first-order valence-corrected chi connectivity index (χ1v) is 7.37. The highest BCUT2D eigenvalue weighted by Crippen LogP contribution is 2.29. The van der Waals surface area contributed by atoms with Gasteiger partial charge in [-0.05, 0) is 31.9 Å². The number of ether oxygens (including phenoxy) is 1. The molecule has 0 spiro atoms. The normalized spacial score (nSPS) is 23.4. The fourth-order valence-corrected chi connectivity index (χ4v) is 2.63. The molecule has 0 radical (unpaired) electrons. The van der Waals surface area contributed by atoms with Gasteiger partial charge in [0.05, 0.1) is 6.61 Å². The number of piperazine rings is 1. The van der Waals surface area contributed by atoms with Gasteiger partial charge in [-0.25, -0.2) is 4.98 Å². The molecule has 0 aromatic carbocycles. The predicted octanol–water partition coefficient (Wildman–Crippen LogP) is 2.45. The van der Waals surface area contributed by atoms with Crippen molar-refractivity contribution in [3.8, 4) is 5.75 Å². The van der Waals surface area contributed by atoms with Crippen LogP contribution in [-0.4, -0.2) is 36.8 Å². The fourth-order valence-electron chi connectivity index (χ4n) is 2.63. The summed E-state index contributed by atoms with van der Waals surface area (Å²) in [7, 11) is 0. The third kappa shape index (κ3) is 3.18. The van der Waals surface area contributed by atoms with E-state index in [0.717, 1.165) is 37.5 Å². The quantitative estimate of drug-likeness (QED) is 0.885. The minimum atomic E-state index is 0.497. The molecule has 1 N–H and O–H groups in total. The first-order chi connectivity index (χ1) is 9.30. The Hall–Kier alpha value is -1.29. The Morgan fingerprint density at radius 2 is 2.21 bits per heavy atom. The molecule has 2 atom stereocenters. The van der Waals surface area contributed by atoms with Gasteiger partial charge in [0.25, 0.3) is 0 Å². The molecule has 0 aliphatic carbocycles. The van der Waals surface area contributed by atoms with Gasteiger partial charge in [0, 0.05) is 31.4 Å². The van der Waals surface area contributed by atoms with E-state index in [1.54, 1.807) is 0 Å². The summed E-state index contributed by atoms with van der Waals surface area (Å²) in [5, 5.41) is 3.61. The van der Waals surface area contributed by atoms with Crippen molar-refractivity contribution in [3.63, 3.8) is 0 Å². The lowest BCUT2D eigenvalue weighted by Gasteiger charge is -2.41. The molecular formula is C15H25N3O. The second-order valence-corrected chi connectivity index (χ2v) is 4.99. The Balaban J connectivity index is 2.25. The molecule has 0 amide bonds. The zero-order valence-electron chi connectivity index (χ0n) is 12.2. The molecule has 1 aromatic heterocycles. The lowest BCUT2D eigenvalue weighted by atomic mass is 10.1. The number of anilines is 1. The number of hydrogen-bond acceptors (Lipinski definition) is 4. The van der Waals surface area contributed by atoms with Crippen molar-refractivity contribution in [2.75, 3.05) is 24.6 Å². The van der Waals surface area contributed by atoms with E-state index in [9.17, 15) is 0 Å².